The minimum absolute atomic E-state index is 0.0108. The number of benzene rings is 2. The molecular weight excluding hydrogens is 595 g/mol. The Morgan fingerprint density at radius 2 is 1.82 bits per heavy atom. The zero-order valence-corrected chi connectivity index (χ0v) is 25.1. The van der Waals surface area contributed by atoms with E-state index in [2.05, 4.69) is 27.1 Å². The normalized spacial score (nSPS) is 20.4. The van der Waals surface area contributed by atoms with E-state index in [4.69, 9.17) is 31.8 Å². The molecule has 3 N–H and O–H groups in total. The van der Waals surface area contributed by atoms with E-state index in [1.807, 2.05) is 4.90 Å². The van der Waals surface area contributed by atoms with Gasteiger partial charge >= 0.3 is 6.01 Å². The molecule has 3 aliphatic rings. The summed E-state index contributed by atoms with van der Waals surface area (Å²) in [6, 6.07) is 5.20. The number of hydrogen-bond donors (Lipinski definition) is 2. The van der Waals surface area contributed by atoms with E-state index in [1.165, 1.54) is 18.2 Å². The molecular formula is C31H33ClF3N7O2. The van der Waals surface area contributed by atoms with Gasteiger partial charge in [0, 0.05) is 78.7 Å². The number of pyridine rings is 1. The van der Waals surface area contributed by atoms with Crippen LogP contribution in [0.5, 0.6) is 6.01 Å². The van der Waals surface area contributed by atoms with Crippen LogP contribution in [0.1, 0.15) is 19.8 Å². The van der Waals surface area contributed by atoms with Crippen molar-refractivity contribution in [3.8, 4) is 17.1 Å². The van der Waals surface area contributed by atoms with Crippen LogP contribution in [0.25, 0.3) is 32.9 Å². The molecule has 44 heavy (non-hydrogen) atoms. The minimum Gasteiger partial charge on any atom is -0.463 e. The van der Waals surface area contributed by atoms with Gasteiger partial charge in [-0.3, -0.25) is 4.90 Å². The first-order chi connectivity index (χ1) is 21.2. The molecule has 2 aromatic heterocycles. The van der Waals surface area contributed by atoms with Gasteiger partial charge in [0.1, 0.15) is 28.8 Å². The number of nitrogens with one attached hydrogen (secondary N) is 1. The molecule has 4 aromatic rings. The van der Waals surface area contributed by atoms with Gasteiger partial charge < -0.3 is 25.4 Å². The molecule has 4 heterocycles. The van der Waals surface area contributed by atoms with E-state index in [9.17, 15) is 4.39 Å². The van der Waals surface area contributed by atoms with Gasteiger partial charge in [-0.05, 0) is 38.0 Å². The Morgan fingerprint density at radius 1 is 1.02 bits per heavy atom. The average Bonchev–Trinajstić information content (AvgIpc) is 3.77. The van der Waals surface area contributed by atoms with Crippen molar-refractivity contribution in [2.24, 2.45) is 5.41 Å². The molecule has 0 radical (unpaired) electrons. The molecule has 1 aliphatic carbocycles. The van der Waals surface area contributed by atoms with E-state index in [0.29, 0.717) is 56.7 Å². The molecule has 1 unspecified atom stereocenters. The lowest BCUT2D eigenvalue weighted by Gasteiger charge is -2.33. The minimum atomic E-state index is -1.02. The van der Waals surface area contributed by atoms with Crippen LogP contribution in [0.2, 0.25) is 5.02 Å². The zero-order valence-electron chi connectivity index (χ0n) is 24.3. The van der Waals surface area contributed by atoms with Crippen LogP contribution in [0.3, 0.4) is 0 Å². The first kappa shape index (κ1) is 29.3. The Morgan fingerprint density at radius 3 is 2.57 bits per heavy atom. The highest BCUT2D eigenvalue weighted by Gasteiger charge is 2.45. The molecule has 1 atom stereocenters. The number of hydrogen-bond acceptors (Lipinski definition) is 9. The standard InChI is InChI=1S/C31H33ClF3N7O2/c1-17-14-42(7-6-37-17)29-19-12-20(32)24(25-22(34)13-21(33)18-2-3-23(36)38-27(18)25)26(35)28(19)39-30(40-29)44-16-31(4-5-31)15-41-8-10-43-11-9-41/h2-3,12-13,17,37H,4-11,14-16H2,1H3,(H2,36,38). The quantitative estimate of drug-likeness (QED) is 0.300. The number of aromatic nitrogens is 3. The molecule has 2 saturated heterocycles. The second-order valence-electron chi connectivity index (χ2n) is 12.1. The highest BCUT2D eigenvalue weighted by molar-refractivity contribution is 6.35. The maximum Gasteiger partial charge on any atom is 0.319 e. The smallest absolute Gasteiger partial charge is 0.319 e. The third kappa shape index (κ3) is 5.48. The molecule has 9 nitrogen and oxygen atoms in total. The Hall–Kier alpha value is -3.45. The largest absolute Gasteiger partial charge is 0.463 e. The fourth-order valence-electron chi connectivity index (χ4n) is 6.27. The number of rotatable bonds is 7. The molecule has 1 saturated carbocycles. The summed E-state index contributed by atoms with van der Waals surface area (Å²) < 4.78 is 58.6. The number of nitrogens with two attached hydrogens (primary N) is 1. The van der Waals surface area contributed by atoms with Crippen molar-refractivity contribution in [3.63, 3.8) is 0 Å². The van der Waals surface area contributed by atoms with Gasteiger partial charge in [0.25, 0.3) is 0 Å². The summed E-state index contributed by atoms with van der Waals surface area (Å²) >= 11 is 6.71. The summed E-state index contributed by atoms with van der Waals surface area (Å²) in [5.74, 6) is -2.23. The molecule has 0 amide bonds. The second-order valence-corrected chi connectivity index (χ2v) is 12.5. The molecule has 232 valence electrons. The molecule has 3 fully saturated rings. The van der Waals surface area contributed by atoms with Crippen molar-refractivity contribution in [1.82, 2.24) is 25.2 Å². The van der Waals surface area contributed by atoms with Crippen molar-refractivity contribution >= 4 is 45.0 Å². The Balaban J connectivity index is 1.34. The fraction of sp³-hybridized carbons (Fsp3) is 0.452. The van der Waals surface area contributed by atoms with E-state index < -0.39 is 17.5 Å². The van der Waals surface area contributed by atoms with E-state index in [-0.39, 0.29) is 55.9 Å². The van der Waals surface area contributed by atoms with Crippen LogP contribution in [0.15, 0.2) is 24.3 Å². The summed E-state index contributed by atoms with van der Waals surface area (Å²) in [6.07, 6.45) is 2.03. The lowest BCUT2D eigenvalue weighted by molar-refractivity contribution is 0.0231. The zero-order chi connectivity index (χ0) is 30.6. The average molecular weight is 628 g/mol. The highest BCUT2D eigenvalue weighted by atomic mass is 35.5. The molecule has 0 spiro atoms. The summed E-state index contributed by atoms with van der Waals surface area (Å²) in [5.41, 5.74) is 5.06. The van der Waals surface area contributed by atoms with Crippen molar-refractivity contribution in [2.45, 2.75) is 25.8 Å². The van der Waals surface area contributed by atoms with Crippen LogP contribution in [0.4, 0.5) is 24.8 Å². The molecule has 2 aromatic carbocycles. The lowest BCUT2D eigenvalue weighted by atomic mass is 9.98. The number of nitrogens with zero attached hydrogens (tertiary/aromatic N) is 5. The first-order valence-corrected chi connectivity index (χ1v) is 15.2. The van der Waals surface area contributed by atoms with E-state index >= 15 is 8.78 Å². The number of halogens is 4. The summed E-state index contributed by atoms with van der Waals surface area (Å²) in [5, 5.41) is 3.67. The monoisotopic (exact) mass is 627 g/mol. The van der Waals surface area contributed by atoms with Crippen molar-refractivity contribution in [2.75, 3.05) is 69.7 Å². The predicted molar refractivity (Wildman–Crippen MR) is 164 cm³/mol. The topological polar surface area (TPSA) is 102 Å². The van der Waals surface area contributed by atoms with Gasteiger partial charge in [-0.2, -0.15) is 9.97 Å². The lowest BCUT2D eigenvalue weighted by Crippen LogP contribution is -2.49. The number of morpholine rings is 1. The SMILES string of the molecule is CC1CN(c2nc(OCC3(CN4CCOCC4)CC3)nc3c(F)c(-c4c(F)cc(F)c5ccc(N)nc45)c(Cl)cc23)CCN1. The van der Waals surface area contributed by atoms with Crippen molar-refractivity contribution < 1.29 is 22.6 Å². The van der Waals surface area contributed by atoms with E-state index in [1.54, 1.807) is 0 Å². The first-order valence-electron chi connectivity index (χ1n) is 14.9. The molecule has 0 bridgehead atoms. The highest BCUT2D eigenvalue weighted by Crippen LogP contribution is 2.47. The number of nitrogen functional groups attached to an aromatic ring is 1. The number of piperazine rings is 1. The Kier molecular flexibility index (Phi) is 7.64. The molecule has 13 heteroatoms. The van der Waals surface area contributed by atoms with Crippen LogP contribution >= 0.6 is 11.6 Å². The van der Waals surface area contributed by atoms with Crippen molar-refractivity contribution in [3.05, 3.63) is 46.7 Å². The van der Waals surface area contributed by atoms with Gasteiger partial charge in [0.2, 0.25) is 0 Å². The van der Waals surface area contributed by atoms with Gasteiger partial charge in [0.05, 0.1) is 30.4 Å². The van der Waals surface area contributed by atoms with Gasteiger partial charge in [0.15, 0.2) is 5.82 Å². The van der Waals surface area contributed by atoms with Gasteiger partial charge in [-0.25, -0.2) is 18.2 Å². The third-order valence-corrected chi connectivity index (χ3v) is 9.09. The number of fused-ring (bicyclic) bond motifs is 2. The van der Waals surface area contributed by atoms with Gasteiger partial charge in [-0.15, -0.1) is 0 Å². The number of ether oxygens (including phenoxy) is 2. The molecule has 2 aliphatic heterocycles. The van der Waals surface area contributed by atoms with Crippen LogP contribution < -0.4 is 20.7 Å². The fourth-order valence-corrected chi connectivity index (χ4v) is 6.55. The van der Waals surface area contributed by atoms with Crippen LogP contribution in [0, 0.1) is 22.9 Å². The summed E-state index contributed by atoms with van der Waals surface area (Å²) in [6.45, 7) is 8.46. The summed E-state index contributed by atoms with van der Waals surface area (Å²) in [4.78, 5) is 17.9. The summed E-state index contributed by atoms with van der Waals surface area (Å²) in [7, 11) is 0. The number of anilines is 2. The molecule has 7 rings (SSSR count). The van der Waals surface area contributed by atoms with Gasteiger partial charge in [-0.1, -0.05) is 11.6 Å². The second kappa shape index (κ2) is 11.5. The Labute approximate surface area is 257 Å². The third-order valence-electron chi connectivity index (χ3n) is 8.79. The van der Waals surface area contributed by atoms with Crippen LogP contribution in [-0.4, -0.2) is 85.0 Å². The maximum atomic E-state index is 16.7. The van der Waals surface area contributed by atoms with Crippen molar-refractivity contribution in [1.29, 1.82) is 0 Å². The van der Waals surface area contributed by atoms with E-state index in [0.717, 1.165) is 32.5 Å². The maximum absolute atomic E-state index is 16.7. The van der Waals surface area contributed by atoms with Crippen LogP contribution in [-0.2, 0) is 4.74 Å². The Bertz CT molecular complexity index is 1750. The predicted octanol–water partition coefficient (Wildman–Crippen LogP) is 4.79.